The van der Waals surface area contributed by atoms with Crippen molar-refractivity contribution in [3.05, 3.63) is 57.8 Å². The molecule has 1 aromatic heterocycles. The summed E-state index contributed by atoms with van der Waals surface area (Å²) in [6.45, 7) is 3.99. The van der Waals surface area contributed by atoms with E-state index in [0.717, 1.165) is 16.9 Å². The van der Waals surface area contributed by atoms with E-state index in [1.807, 2.05) is 37.3 Å². The van der Waals surface area contributed by atoms with Crippen molar-refractivity contribution in [1.82, 2.24) is 5.32 Å². The van der Waals surface area contributed by atoms with E-state index in [1.54, 1.807) is 19.1 Å². The van der Waals surface area contributed by atoms with E-state index >= 15 is 0 Å². The molecule has 1 heterocycles. The summed E-state index contributed by atoms with van der Waals surface area (Å²) in [5.41, 5.74) is 5.80. The van der Waals surface area contributed by atoms with Gasteiger partial charge in [0.15, 0.2) is 0 Å². The van der Waals surface area contributed by atoms with Crippen molar-refractivity contribution >= 4 is 23.2 Å². The van der Waals surface area contributed by atoms with Crippen molar-refractivity contribution < 1.29 is 14.7 Å². The molecule has 24 heavy (non-hydrogen) atoms. The van der Waals surface area contributed by atoms with Crippen LogP contribution in [0, 0.1) is 5.41 Å². The normalized spacial score (nSPS) is 14.6. The van der Waals surface area contributed by atoms with Crippen LogP contribution in [0.15, 0.2) is 42.5 Å². The number of aliphatic hydroxyl groups excluding tert-OH is 1. The first-order chi connectivity index (χ1) is 11.3. The number of thiophene rings is 1. The Kier molecular flexibility index (Phi) is 5.75. The zero-order valence-electron chi connectivity index (χ0n) is 13.8. The molecule has 0 spiro atoms. The summed E-state index contributed by atoms with van der Waals surface area (Å²) in [6.07, 6.45) is 0.0467. The second kappa shape index (κ2) is 7.59. The summed E-state index contributed by atoms with van der Waals surface area (Å²) >= 11 is 1.06. The third kappa shape index (κ3) is 4.43. The Morgan fingerprint density at radius 1 is 1.21 bits per heavy atom. The van der Waals surface area contributed by atoms with Crippen LogP contribution in [0.1, 0.15) is 38.8 Å². The van der Waals surface area contributed by atoms with Gasteiger partial charge in [-0.15, -0.1) is 11.3 Å². The molecule has 0 unspecified atom stereocenters. The standard InChI is InChI=1S/C18H22N2O3S/c1-12(21)18(2,10-13-6-4-3-5-7-13)11-20-17(23)15-9-8-14(24-15)16(19)22/h3-9,12,21H,10-11H2,1-2H3,(H2,19,22)(H,20,23)/t12-,18-/m1/s1. The zero-order chi connectivity index (χ0) is 17.7. The van der Waals surface area contributed by atoms with E-state index in [4.69, 9.17) is 5.73 Å². The lowest BCUT2D eigenvalue weighted by atomic mass is 9.79. The minimum absolute atomic E-state index is 0.271. The quantitative estimate of drug-likeness (QED) is 0.717. The molecular formula is C18H22N2O3S. The highest BCUT2D eigenvalue weighted by Crippen LogP contribution is 2.26. The Hall–Kier alpha value is -2.18. The Morgan fingerprint density at radius 2 is 1.83 bits per heavy atom. The summed E-state index contributed by atoms with van der Waals surface area (Å²) < 4.78 is 0. The second-order valence-electron chi connectivity index (χ2n) is 6.20. The van der Waals surface area contributed by atoms with Gasteiger partial charge in [0.25, 0.3) is 11.8 Å². The Balaban J connectivity index is 2.04. The van der Waals surface area contributed by atoms with Crippen LogP contribution < -0.4 is 11.1 Å². The minimum atomic E-state index is -0.595. The molecule has 0 aliphatic carbocycles. The number of carbonyl (C=O) groups excluding carboxylic acids is 2. The Labute approximate surface area is 145 Å². The van der Waals surface area contributed by atoms with Crippen molar-refractivity contribution in [1.29, 1.82) is 0 Å². The third-order valence-corrected chi connectivity index (χ3v) is 5.28. The van der Waals surface area contributed by atoms with Crippen LogP contribution in [0.25, 0.3) is 0 Å². The van der Waals surface area contributed by atoms with E-state index in [2.05, 4.69) is 5.32 Å². The molecule has 0 aliphatic heterocycles. The molecule has 0 bridgehead atoms. The van der Waals surface area contributed by atoms with Crippen molar-refractivity contribution in [2.75, 3.05) is 6.54 Å². The van der Waals surface area contributed by atoms with Gasteiger partial charge < -0.3 is 16.2 Å². The lowest BCUT2D eigenvalue weighted by molar-refractivity contribution is 0.0501. The SMILES string of the molecule is C[C@@H](O)[C@@](C)(CNC(=O)c1ccc(C(N)=O)s1)Cc1ccccc1. The molecular weight excluding hydrogens is 324 g/mol. The largest absolute Gasteiger partial charge is 0.393 e. The number of hydrogen-bond donors (Lipinski definition) is 3. The summed E-state index contributed by atoms with van der Waals surface area (Å²) in [5.74, 6) is -0.815. The molecule has 1 aromatic carbocycles. The maximum Gasteiger partial charge on any atom is 0.261 e. The maximum absolute atomic E-state index is 12.3. The smallest absolute Gasteiger partial charge is 0.261 e. The van der Waals surface area contributed by atoms with Crippen LogP contribution in [0.2, 0.25) is 0 Å². The zero-order valence-corrected chi connectivity index (χ0v) is 14.6. The predicted molar refractivity (Wildman–Crippen MR) is 95.1 cm³/mol. The third-order valence-electron chi connectivity index (χ3n) is 4.18. The van der Waals surface area contributed by atoms with Gasteiger partial charge in [-0.05, 0) is 31.0 Å². The van der Waals surface area contributed by atoms with Gasteiger partial charge >= 0.3 is 0 Å². The van der Waals surface area contributed by atoms with Gasteiger partial charge in [-0.3, -0.25) is 9.59 Å². The molecule has 0 aliphatic rings. The van der Waals surface area contributed by atoms with Crippen LogP contribution in [-0.2, 0) is 6.42 Å². The molecule has 0 saturated carbocycles. The number of nitrogens with two attached hydrogens (primary N) is 1. The van der Waals surface area contributed by atoms with Crippen LogP contribution in [0.4, 0.5) is 0 Å². The first kappa shape index (κ1) is 18.2. The average molecular weight is 346 g/mol. The number of rotatable bonds is 7. The monoisotopic (exact) mass is 346 g/mol. The van der Waals surface area contributed by atoms with E-state index in [-0.39, 0.29) is 5.91 Å². The van der Waals surface area contributed by atoms with Crippen LogP contribution >= 0.6 is 11.3 Å². The fourth-order valence-corrected chi connectivity index (χ4v) is 3.16. The van der Waals surface area contributed by atoms with Crippen molar-refractivity contribution in [2.24, 2.45) is 11.1 Å². The molecule has 0 radical (unpaired) electrons. The summed E-state index contributed by atoms with van der Waals surface area (Å²) in [6, 6.07) is 13.0. The van der Waals surface area contributed by atoms with Crippen LogP contribution in [0.3, 0.4) is 0 Å². The topological polar surface area (TPSA) is 92.4 Å². The fraction of sp³-hybridized carbons (Fsp3) is 0.333. The summed E-state index contributed by atoms with van der Waals surface area (Å²) in [7, 11) is 0. The molecule has 0 fully saturated rings. The maximum atomic E-state index is 12.3. The molecule has 2 aromatic rings. The molecule has 5 nitrogen and oxygen atoms in total. The molecule has 2 atom stereocenters. The van der Waals surface area contributed by atoms with Gasteiger partial charge in [-0.25, -0.2) is 0 Å². The van der Waals surface area contributed by atoms with Crippen molar-refractivity contribution in [3.8, 4) is 0 Å². The highest BCUT2D eigenvalue weighted by molar-refractivity contribution is 7.15. The Bertz CT molecular complexity index is 712. The molecule has 128 valence electrons. The second-order valence-corrected chi connectivity index (χ2v) is 7.29. The average Bonchev–Trinajstić information content (AvgIpc) is 3.04. The minimum Gasteiger partial charge on any atom is -0.393 e. The van der Waals surface area contributed by atoms with Crippen LogP contribution in [0.5, 0.6) is 0 Å². The molecule has 4 N–H and O–H groups in total. The number of hydrogen-bond acceptors (Lipinski definition) is 4. The molecule has 6 heteroatoms. The highest BCUT2D eigenvalue weighted by atomic mass is 32.1. The number of benzene rings is 1. The van der Waals surface area contributed by atoms with E-state index in [9.17, 15) is 14.7 Å². The van der Waals surface area contributed by atoms with Gasteiger partial charge in [0.2, 0.25) is 0 Å². The van der Waals surface area contributed by atoms with E-state index in [1.165, 1.54) is 0 Å². The summed E-state index contributed by atoms with van der Waals surface area (Å²) in [5, 5.41) is 13.0. The van der Waals surface area contributed by atoms with Gasteiger partial charge in [0.1, 0.15) is 0 Å². The van der Waals surface area contributed by atoms with Gasteiger partial charge in [-0.2, -0.15) is 0 Å². The van der Waals surface area contributed by atoms with E-state index < -0.39 is 17.4 Å². The van der Waals surface area contributed by atoms with E-state index in [0.29, 0.717) is 22.7 Å². The fourth-order valence-electron chi connectivity index (χ4n) is 2.38. The number of primary amides is 1. The van der Waals surface area contributed by atoms with Crippen molar-refractivity contribution in [2.45, 2.75) is 26.4 Å². The highest BCUT2D eigenvalue weighted by Gasteiger charge is 2.31. The lowest BCUT2D eigenvalue weighted by Crippen LogP contribution is -2.43. The number of nitrogens with one attached hydrogen (secondary N) is 1. The van der Waals surface area contributed by atoms with Gasteiger partial charge in [0, 0.05) is 12.0 Å². The molecule has 0 saturated heterocycles. The van der Waals surface area contributed by atoms with Crippen LogP contribution in [-0.4, -0.2) is 29.6 Å². The van der Waals surface area contributed by atoms with Crippen molar-refractivity contribution in [3.63, 3.8) is 0 Å². The predicted octanol–water partition coefficient (Wildman–Crippen LogP) is 2.21. The Morgan fingerprint density at radius 3 is 2.38 bits per heavy atom. The van der Waals surface area contributed by atoms with Gasteiger partial charge in [-0.1, -0.05) is 37.3 Å². The van der Waals surface area contributed by atoms with Gasteiger partial charge in [0.05, 0.1) is 15.9 Å². The molecule has 2 rings (SSSR count). The first-order valence-corrected chi connectivity index (χ1v) is 8.53. The first-order valence-electron chi connectivity index (χ1n) is 7.71. The lowest BCUT2D eigenvalue weighted by Gasteiger charge is -2.33. The number of aliphatic hydroxyl groups is 1. The number of amides is 2. The summed E-state index contributed by atoms with van der Waals surface area (Å²) in [4.78, 5) is 24.2. The number of carbonyl (C=O) groups is 2. The molecule has 2 amide bonds.